The second kappa shape index (κ2) is 27.5. The molecular formula is C62H66ClF10N8O13S2-. The molecule has 7 rings (SSSR count). The van der Waals surface area contributed by atoms with Gasteiger partial charge in [0.05, 0.1) is 58.6 Å². The maximum absolute atomic E-state index is 15.8. The van der Waals surface area contributed by atoms with Gasteiger partial charge in [-0.05, 0) is 137 Å². The predicted molar refractivity (Wildman–Crippen MR) is 324 cm³/mol. The molecule has 0 saturated heterocycles. The van der Waals surface area contributed by atoms with Gasteiger partial charge in [-0.15, -0.1) is 0 Å². The second-order valence-corrected chi connectivity index (χ2v) is 30.1. The van der Waals surface area contributed by atoms with Crippen LogP contribution in [0.5, 0.6) is 0 Å². The van der Waals surface area contributed by atoms with Crippen molar-refractivity contribution in [1.29, 1.82) is 0 Å². The topological polar surface area (TPSA) is 271 Å². The number of nitrogens with zero attached hydrogens (tertiary/aromatic N) is 7. The molecule has 5 aromatic rings. The molecule has 1 saturated carbocycles. The molecule has 2 aliphatic carbocycles. The fourth-order valence-electron chi connectivity index (χ4n) is 10.4. The lowest BCUT2D eigenvalue weighted by atomic mass is 9.93. The molecule has 0 aliphatic heterocycles. The predicted octanol–water partition coefficient (Wildman–Crippen LogP) is 9.97. The molecule has 3 aromatic heterocycles. The Kier molecular flexibility index (Phi) is 21.6. The van der Waals surface area contributed by atoms with Crippen molar-refractivity contribution in [3.8, 4) is 23.0 Å². The monoisotopic (exact) mass is 1420 g/mol. The Morgan fingerprint density at radius 3 is 1.98 bits per heavy atom. The van der Waals surface area contributed by atoms with Crippen molar-refractivity contribution in [2.75, 3.05) is 12.8 Å². The number of alkyl halides is 8. The molecule has 1 N–H and O–H groups in total. The van der Waals surface area contributed by atoms with Crippen LogP contribution in [0.15, 0.2) is 54.6 Å². The summed E-state index contributed by atoms with van der Waals surface area (Å²) in [6.07, 6.45) is -11.3. The normalized spacial score (nSPS) is 16.6. The van der Waals surface area contributed by atoms with E-state index < -0.39 is 222 Å². The minimum absolute atomic E-state index is 0.0166. The summed E-state index contributed by atoms with van der Waals surface area (Å²) in [5, 5.41) is 8.90. The summed E-state index contributed by atoms with van der Waals surface area (Å²) in [5.41, 5.74) is -10.3. The summed E-state index contributed by atoms with van der Waals surface area (Å²) in [4.78, 5) is 88.2. The van der Waals surface area contributed by atoms with Gasteiger partial charge in [-0.3, -0.25) is 41.9 Å². The van der Waals surface area contributed by atoms with Crippen LogP contribution in [-0.2, 0) is 102 Å². The zero-order valence-electron chi connectivity index (χ0n) is 53.6. The average Bonchev–Trinajstić information content (AvgIpc) is 1.52. The van der Waals surface area contributed by atoms with E-state index in [0.717, 1.165) is 42.7 Å². The third-order valence-electron chi connectivity index (χ3n) is 14.6. The van der Waals surface area contributed by atoms with E-state index in [-0.39, 0.29) is 42.5 Å². The Balaban J connectivity index is 1.38. The van der Waals surface area contributed by atoms with Crippen LogP contribution in [0.3, 0.4) is 0 Å². The largest absolute Gasteiger partial charge is 0.755 e. The lowest BCUT2D eigenvalue weighted by molar-refractivity contribution is -0.171. The highest BCUT2D eigenvalue weighted by atomic mass is 35.5. The van der Waals surface area contributed by atoms with E-state index in [2.05, 4.69) is 32.3 Å². The second-order valence-electron chi connectivity index (χ2n) is 26.3. The maximum Gasteiger partial charge on any atom is 0.435 e. The Hall–Kier alpha value is -7.96. The smallest absolute Gasteiger partial charge is 0.435 e. The fourth-order valence-corrected chi connectivity index (χ4v) is 11.3. The number of aromatic nitrogens is 5. The van der Waals surface area contributed by atoms with Gasteiger partial charge < -0.3 is 29.0 Å². The number of hydrogen-bond donors (Lipinski definition) is 1. The number of carbonyl (C=O) groups excluding carboxylic acids is 6. The minimum atomic E-state index is -5.27. The van der Waals surface area contributed by atoms with Crippen molar-refractivity contribution in [3.05, 3.63) is 111 Å². The van der Waals surface area contributed by atoms with Crippen molar-refractivity contribution < 1.29 is 104 Å². The van der Waals surface area contributed by atoms with Crippen molar-refractivity contribution in [3.63, 3.8) is 0 Å². The van der Waals surface area contributed by atoms with E-state index in [1.165, 1.54) is 76.2 Å². The molecule has 3 amide bonds. The van der Waals surface area contributed by atoms with E-state index in [4.69, 9.17) is 25.8 Å². The van der Waals surface area contributed by atoms with Gasteiger partial charge in [-0.2, -0.15) is 45.3 Å². The van der Waals surface area contributed by atoms with Crippen LogP contribution in [0.4, 0.5) is 43.9 Å². The standard InChI is InChI=1S/C62H67ClF10N8O13S2/c1-56(2,3)92-47(85)20-22-78(43(55(87)94-58(7,8)9)28-48(86)93-57(4,5)6)45(83)17-18-46(84)81(95(88)89)29-42-50-40(63)16-15-37(52(50)80(76-42)31-60(66,67)68)36-14-13-35(19-21-59(10,11)96(12,90)91)74-51(36)41(25-32-23-33(64)26-34(65)24-32)75-44(82)30-79-54-49(53(77-79)62(71,72)73)38-27-39(38)61(54,69)70/h13-18,23-24,26,38-39,41,43H,20,22,25,27-31H2,1-12H3,(H,75,82)(H,88,89)/p-1/b18-17+/t38-,39+,41-,43-/m0/s1. The number of rotatable bonds is 21. The molecule has 0 bridgehead atoms. The Labute approximate surface area is 551 Å². The van der Waals surface area contributed by atoms with Gasteiger partial charge in [0.15, 0.2) is 15.5 Å². The quantitative estimate of drug-likeness (QED) is 0.0179. The number of carbonyl (C=O) groups is 6. The zero-order chi connectivity index (χ0) is 72.1. The number of amides is 3. The van der Waals surface area contributed by atoms with Crippen LogP contribution in [0.1, 0.15) is 147 Å². The van der Waals surface area contributed by atoms with E-state index in [0.29, 0.717) is 23.1 Å². The van der Waals surface area contributed by atoms with Crippen LogP contribution in [-0.4, -0.2) is 133 Å². The van der Waals surface area contributed by atoms with Gasteiger partial charge in [0.25, 0.3) is 11.8 Å². The summed E-state index contributed by atoms with van der Waals surface area (Å²) < 4.78 is 216. The third kappa shape index (κ3) is 18.6. The summed E-state index contributed by atoms with van der Waals surface area (Å²) in [6.45, 7) is 10.6. The number of ether oxygens (including phenoxy) is 3. The number of nitrogens with one attached hydrogen (secondary N) is 1. The van der Waals surface area contributed by atoms with Crippen LogP contribution < -0.4 is 5.32 Å². The SMILES string of the molecule is CC(C)(C)OC(=O)CCN(C(=O)/C=C/C(=O)N(Cc1nn(CC(F)(F)F)c2c(-c3ccc(C#CC(C)(C)S(C)(=O)=O)nc3[C@H](Cc3cc(F)cc(F)c3)NC(=O)Cn3nc(C(F)(F)F)c4c3C(F)(F)[C@@H]3C[C@H]43)ccc(Cl)c12)S(=O)[O-])[C@@H](CC(=O)OC(C)(C)C)C(=O)OC(C)(C)C. The molecule has 96 heavy (non-hydrogen) atoms. The van der Waals surface area contributed by atoms with Crippen LogP contribution >= 0.6 is 11.6 Å². The zero-order valence-corrected chi connectivity index (χ0v) is 56.0. The van der Waals surface area contributed by atoms with E-state index in [1.54, 1.807) is 0 Å². The Bertz CT molecular complexity index is 4140. The molecule has 5 atom stereocenters. The van der Waals surface area contributed by atoms with Crippen molar-refractivity contribution in [2.45, 2.75) is 179 Å². The van der Waals surface area contributed by atoms with Crippen molar-refractivity contribution in [1.82, 2.24) is 39.1 Å². The summed E-state index contributed by atoms with van der Waals surface area (Å²) in [5.74, 6) is -11.3. The molecule has 1 fully saturated rings. The highest BCUT2D eigenvalue weighted by molar-refractivity contribution is 7.92. The first-order chi connectivity index (χ1) is 43.8. The summed E-state index contributed by atoms with van der Waals surface area (Å²) in [7, 11) is -3.97. The van der Waals surface area contributed by atoms with Crippen LogP contribution in [0, 0.1) is 29.4 Å². The number of benzene rings is 2. The first kappa shape index (κ1) is 75.4. The number of hydrogen-bond acceptors (Lipinski definition) is 16. The first-order valence-electron chi connectivity index (χ1n) is 29.2. The highest BCUT2D eigenvalue weighted by Gasteiger charge is 2.68. The molecule has 1 unspecified atom stereocenters. The number of sulfone groups is 1. The number of esters is 3. The molecule has 0 spiro atoms. The molecule has 2 aromatic carbocycles. The lowest BCUT2D eigenvalue weighted by Crippen LogP contribution is -2.49. The van der Waals surface area contributed by atoms with Gasteiger partial charge in [0, 0.05) is 59.0 Å². The number of fused-ring (bicyclic) bond motifs is 4. The van der Waals surface area contributed by atoms with Gasteiger partial charge in [0.2, 0.25) is 11.8 Å². The van der Waals surface area contributed by atoms with Gasteiger partial charge in [0.1, 0.15) is 63.7 Å². The van der Waals surface area contributed by atoms with E-state index in [1.807, 2.05) is 0 Å². The highest BCUT2D eigenvalue weighted by Crippen LogP contribution is 2.68. The van der Waals surface area contributed by atoms with Gasteiger partial charge in [-0.1, -0.05) is 23.6 Å². The molecule has 522 valence electrons. The summed E-state index contributed by atoms with van der Waals surface area (Å²) in [6, 6.07) is 2.69. The maximum atomic E-state index is 15.8. The molecule has 3 heterocycles. The molecule has 21 nitrogen and oxygen atoms in total. The van der Waals surface area contributed by atoms with Gasteiger partial charge >= 0.3 is 30.3 Å². The minimum Gasteiger partial charge on any atom is -0.755 e. The van der Waals surface area contributed by atoms with Crippen molar-refractivity contribution in [2.24, 2.45) is 5.92 Å². The van der Waals surface area contributed by atoms with E-state index >= 15 is 17.6 Å². The fraction of sp³-hybridized carbons (Fsp3) is 0.500. The molecular weight excluding hydrogens is 1350 g/mol. The third-order valence-corrected chi connectivity index (χ3v) is 17.5. The Morgan fingerprint density at radius 2 is 1.42 bits per heavy atom. The van der Waals surface area contributed by atoms with Gasteiger partial charge in [-0.25, -0.2) is 27.0 Å². The Morgan fingerprint density at radius 1 is 0.833 bits per heavy atom. The van der Waals surface area contributed by atoms with E-state index in [9.17, 15) is 72.3 Å². The average molecular weight is 1420 g/mol. The van der Waals surface area contributed by atoms with Crippen LogP contribution in [0.25, 0.3) is 22.0 Å². The lowest BCUT2D eigenvalue weighted by Gasteiger charge is -2.32. The van der Waals surface area contributed by atoms with Crippen LogP contribution in [0.2, 0.25) is 5.02 Å². The molecule has 0 radical (unpaired) electrons. The number of halogens is 11. The summed E-state index contributed by atoms with van der Waals surface area (Å²) >= 11 is 3.06. The molecule has 2 aliphatic rings. The number of pyridine rings is 1. The molecule has 34 heteroatoms. The van der Waals surface area contributed by atoms with Crippen molar-refractivity contribution >= 4 is 79.2 Å². The first-order valence-corrected chi connectivity index (χ1v) is 32.5.